The predicted molar refractivity (Wildman–Crippen MR) is 101 cm³/mol. The summed E-state index contributed by atoms with van der Waals surface area (Å²) >= 11 is 4.39. The van der Waals surface area contributed by atoms with Crippen LogP contribution in [0.2, 0.25) is 0 Å². The molecule has 1 unspecified atom stereocenters. The zero-order valence-electron chi connectivity index (χ0n) is 14.5. The standard InChI is InChI=1S/C15H26N6O4S/c1-9(25-11(7-23)10(24)6-22)21-8-18-12-13(21)19-15(20-14(12)26)17-5-3-2-4-16/h2-3,9-11,18,22-24H,4-8,16H2,1H3,(H2,17,19,20,26)/b3-2+/t9?,10-,11-/m1/s1. The van der Waals surface area contributed by atoms with Gasteiger partial charge >= 0.3 is 0 Å². The number of rotatable bonds is 10. The largest absolute Gasteiger partial charge is 0.394 e. The summed E-state index contributed by atoms with van der Waals surface area (Å²) in [7, 11) is 0. The minimum absolute atomic E-state index is 0.405. The van der Waals surface area contributed by atoms with Crippen molar-refractivity contribution in [2.24, 2.45) is 5.73 Å². The van der Waals surface area contributed by atoms with Crippen molar-refractivity contribution in [2.75, 3.05) is 48.5 Å². The molecule has 26 heavy (non-hydrogen) atoms. The molecule has 0 spiro atoms. The average molecular weight is 386 g/mol. The zero-order valence-corrected chi connectivity index (χ0v) is 15.4. The number of anilines is 3. The molecule has 0 bridgehead atoms. The monoisotopic (exact) mass is 386 g/mol. The third-order valence-corrected chi connectivity index (χ3v) is 4.18. The van der Waals surface area contributed by atoms with E-state index in [2.05, 4.69) is 33.2 Å². The Morgan fingerprint density at radius 1 is 1.38 bits per heavy atom. The van der Waals surface area contributed by atoms with E-state index in [9.17, 15) is 10.2 Å². The van der Waals surface area contributed by atoms with Crippen LogP contribution in [0.1, 0.15) is 6.92 Å². The fourth-order valence-corrected chi connectivity index (χ4v) is 2.73. The minimum Gasteiger partial charge on any atom is -0.394 e. The van der Waals surface area contributed by atoms with Gasteiger partial charge in [0.2, 0.25) is 5.95 Å². The lowest BCUT2D eigenvalue weighted by molar-refractivity contribution is -0.105. The lowest BCUT2D eigenvalue weighted by Crippen LogP contribution is -2.44. The zero-order chi connectivity index (χ0) is 19.1. The van der Waals surface area contributed by atoms with E-state index in [1.807, 2.05) is 17.1 Å². The number of ether oxygens (including phenoxy) is 1. The number of fused-ring (bicyclic) bond motifs is 1. The summed E-state index contributed by atoms with van der Waals surface area (Å²) in [5, 5.41) is 34.8. The number of aliphatic hydroxyl groups is 3. The summed E-state index contributed by atoms with van der Waals surface area (Å²) in [6, 6.07) is 0. The number of aromatic nitrogens is 2. The number of aliphatic hydroxyl groups excluding tert-OH is 3. The fraction of sp³-hybridized carbons (Fsp3) is 0.600. The van der Waals surface area contributed by atoms with Gasteiger partial charge in [-0.05, 0) is 6.92 Å². The second-order valence-corrected chi connectivity index (χ2v) is 6.09. The minimum atomic E-state index is -1.17. The van der Waals surface area contributed by atoms with Crippen molar-refractivity contribution >= 4 is 30.1 Å². The predicted octanol–water partition coefficient (Wildman–Crippen LogP) is -1.04. The van der Waals surface area contributed by atoms with Crippen LogP contribution in [0.3, 0.4) is 0 Å². The molecule has 1 aliphatic rings. The Labute approximate surface area is 157 Å². The van der Waals surface area contributed by atoms with Crippen LogP contribution in [0, 0.1) is 0 Å². The number of hydrogen-bond acceptors (Lipinski definition) is 11. The topological polar surface area (TPSA) is 149 Å². The molecule has 0 amide bonds. The maximum absolute atomic E-state index is 9.70. The summed E-state index contributed by atoms with van der Waals surface area (Å²) in [4.78, 5) is 10.6. The molecule has 0 radical (unpaired) electrons. The smallest absolute Gasteiger partial charge is 0.226 e. The van der Waals surface area contributed by atoms with Gasteiger partial charge in [0.25, 0.3) is 0 Å². The number of nitrogens with one attached hydrogen (secondary N) is 2. The maximum Gasteiger partial charge on any atom is 0.226 e. The Hall–Kier alpha value is -1.63. The fourth-order valence-electron chi connectivity index (χ4n) is 2.45. The number of nitrogens with zero attached hydrogens (tertiary/aromatic N) is 3. The van der Waals surface area contributed by atoms with Crippen molar-refractivity contribution in [3.8, 4) is 0 Å². The van der Waals surface area contributed by atoms with Gasteiger partial charge in [0.1, 0.15) is 29.1 Å². The molecule has 3 atom stereocenters. The van der Waals surface area contributed by atoms with Crippen LogP contribution < -0.4 is 21.3 Å². The molecule has 7 N–H and O–H groups in total. The van der Waals surface area contributed by atoms with Gasteiger partial charge in [0, 0.05) is 13.1 Å². The van der Waals surface area contributed by atoms with E-state index < -0.39 is 31.6 Å². The van der Waals surface area contributed by atoms with Crippen LogP contribution in [0.15, 0.2) is 17.2 Å². The van der Waals surface area contributed by atoms with Crippen LogP contribution in [0.5, 0.6) is 0 Å². The molecular weight excluding hydrogens is 360 g/mol. The first kappa shape index (κ1) is 20.7. The van der Waals surface area contributed by atoms with E-state index in [1.54, 1.807) is 6.92 Å². The molecule has 0 saturated carbocycles. The van der Waals surface area contributed by atoms with Crippen molar-refractivity contribution in [2.45, 2.75) is 30.4 Å². The normalized spacial score (nSPS) is 17.1. The third-order valence-electron chi connectivity index (χ3n) is 3.86. The number of thiol groups is 1. The van der Waals surface area contributed by atoms with E-state index in [-0.39, 0.29) is 0 Å². The molecule has 0 saturated heterocycles. The summed E-state index contributed by atoms with van der Waals surface area (Å²) in [6.07, 6.45) is 1.10. The molecule has 11 heteroatoms. The molecule has 10 nitrogen and oxygen atoms in total. The van der Waals surface area contributed by atoms with Gasteiger partial charge in [-0.15, -0.1) is 12.6 Å². The van der Waals surface area contributed by atoms with Crippen molar-refractivity contribution in [3.05, 3.63) is 12.2 Å². The summed E-state index contributed by atoms with van der Waals surface area (Å²) < 4.78 is 5.68. The quantitative estimate of drug-likeness (QED) is 0.151. The first-order chi connectivity index (χ1) is 12.5. The highest BCUT2D eigenvalue weighted by Crippen LogP contribution is 2.36. The second-order valence-electron chi connectivity index (χ2n) is 5.67. The van der Waals surface area contributed by atoms with Gasteiger partial charge in [-0.1, -0.05) is 12.2 Å². The highest BCUT2D eigenvalue weighted by Gasteiger charge is 2.31. The summed E-state index contributed by atoms with van der Waals surface area (Å²) in [6.45, 7) is 2.24. The van der Waals surface area contributed by atoms with E-state index in [0.717, 1.165) is 0 Å². The van der Waals surface area contributed by atoms with Gasteiger partial charge in [0.05, 0.1) is 19.9 Å². The van der Waals surface area contributed by atoms with E-state index >= 15 is 0 Å². The molecule has 2 rings (SSSR count). The number of hydrogen-bond donors (Lipinski definition) is 7. The first-order valence-corrected chi connectivity index (χ1v) is 8.72. The van der Waals surface area contributed by atoms with Crippen LogP contribution in [0.4, 0.5) is 17.5 Å². The molecule has 0 aliphatic carbocycles. The molecule has 0 aromatic carbocycles. The SMILES string of the molecule is CC(O[C@H](CO)[C@H](O)CO)N1CNc2c(S)nc(NC/C=C/CN)nc21. The maximum atomic E-state index is 9.70. The molecule has 2 heterocycles. The molecule has 1 aromatic heterocycles. The van der Waals surface area contributed by atoms with Crippen molar-refractivity contribution in [1.29, 1.82) is 0 Å². The van der Waals surface area contributed by atoms with Crippen LogP contribution in [-0.4, -0.2) is 76.7 Å². The van der Waals surface area contributed by atoms with Crippen LogP contribution in [-0.2, 0) is 4.74 Å². The van der Waals surface area contributed by atoms with Crippen molar-refractivity contribution in [1.82, 2.24) is 9.97 Å². The van der Waals surface area contributed by atoms with Gasteiger partial charge < -0.3 is 41.3 Å². The van der Waals surface area contributed by atoms with Gasteiger partial charge in [0.15, 0.2) is 5.82 Å². The first-order valence-electron chi connectivity index (χ1n) is 8.27. The van der Waals surface area contributed by atoms with E-state index in [0.29, 0.717) is 42.2 Å². The molecule has 146 valence electrons. The highest BCUT2D eigenvalue weighted by atomic mass is 32.1. The Morgan fingerprint density at radius 2 is 2.15 bits per heavy atom. The van der Waals surface area contributed by atoms with Gasteiger partial charge in [-0.2, -0.15) is 4.98 Å². The molecule has 1 aromatic rings. The summed E-state index contributed by atoms with van der Waals surface area (Å²) in [5.74, 6) is 1.00. The highest BCUT2D eigenvalue weighted by molar-refractivity contribution is 7.80. The Bertz CT molecular complexity index is 620. The average Bonchev–Trinajstić information content (AvgIpc) is 3.07. The lowest BCUT2D eigenvalue weighted by Gasteiger charge is -2.30. The molecule has 0 fully saturated rings. The Morgan fingerprint density at radius 3 is 2.81 bits per heavy atom. The van der Waals surface area contributed by atoms with Gasteiger partial charge in [-0.3, -0.25) is 0 Å². The van der Waals surface area contributed by atoms with Crippen LogP contribution >= 0.6 is 12.6 Å². The van der Waals surface area contributed by atoms with Crippen molar-refractivity contribution < 1.29 is 20.1 Å². The number of nitrogens with two attached hydrogens (primary N) is 1. The summed E-state index contributed by atoms with van der Waals surface area (Å²) in [5.41, 5.74) is 6.08. The molecular formula is C15H26N6O4S. The molecule has 1 aliphatic heterocycles. The Kier molecular flexibility index (Phi) is 7.87. The lowest BCUT2D eigenvalue weighted by atomic mass is 10.2. The second kappa shape index (κ2) is 9.90. The van der Waals surface area contributed by atoms with E-state index in [1.165, 1.54) is 0 Å². The van der Waals surface area contributed by atoms with Gasteiger partial charge in [-0.25, -0.2) is 4.98 Å². The third kappa shape index (κ3) is 4.96. The van der Waals surface area contributed by atoms with Crippen LogP contribution in [0.25, 0.3) is 0 Å². The van der Waals surface area contributed by atoms with E-state index in [4.69, 9.17) is 15.6 Å². The Balaban J connectivity index is 2.12. The van der Waals surface area contributed by atoms with Crippen molar-refractivity contribution in [3.63, 3.8) is 0 Å².